The van der Waals surface area contributed by atoms with Crippen molar-refractivity contribution in [2.75, 3.05) is 18.4 Å². The molecule has 2 amide bonds. The van der Waals surface area contributed by atoms with Crippen molar-refractivity contribution in [3.63, 3.8) is 0 Å². The summed E-state index contributed by atoms with van der Waals surface area (Å²) >= 11 is 0. The van der Waals surface area contributed by atoms with Gasteiger partial charge in [0.25, 0.3) is 0 Å². The Hall–Kier alpha value is -2.71. The average Bonchev–Trinajstić information content (AvgIpc) is 2.58. The van der Waals surface area contributed by atoms with Gasteiger partial charge in [0.2, 0.25) is 21.8 Å². The van der Waals surface area contributed by atoms with E-state index in [0.29, 0.717) is 18.7 Å². The van der Waals surface area contributed by atoms with Crippen LogP contribution in [0.15, 0.2) is 53.4 Å². The van der Waals surface area contributed by atoms with Crippen LogP contribution in [0, 0.1) is 6.92 Å². The van der Waals surface area contributed by atoms with E-state index in [9.17, 15) is 18.0 Å². The van der Waals surface area contributed by atoms with Crippen LogP contribution in [0.4, 0.5) is 5.69 Å². The van der Waals surface area contributed by atoms with Gasteiger partial charge in [-0.15, -0.1) is 0 Å². The van der Waals surface area contributed by atoms with Crippen LogP contribution < -0.4 is 10.5 Å². The van der Waals surface area contributed by atoms with E-state index in [-0.39, 0.29) is 23.3 Å². The average molecular weight is 389 g/mol. The lowest BCUT2D eigenvalue weighted by Crippen LogP contribution is -2.38. The summed E-state index contributed by atoms with van der Waals surface area (Å²) < 4.78 is 22.5. The molecule has 8 heteroatoms. The molecule has 2 aromatic rings. The molecule has 0 saturated heterocycles. The van der Waals surface area contributed by atoms with Gasteiger partial charge in [0.1, 0.15) is 0 Å². The van der Waals surface area contributed by atoms with Gasteiger partial charge in [-0.25, -0.2) is 13.6 Å². The number of benzene rings is 2. The van der Waals surface area contributed by atoms with E-state index in [2.05, 4.69) is 5.32 Å². The molecule has 3 N–H and O–H groups in total. The highest BCUT2D eigenvalue weighted by molar-refractivity contribution is 7.89. The summed E-state index contributed by atoms with van der Waals surface area (Å²) in [5.74, 6) is -0.490. The smallest absolute Gasteiger partial charge is 0.243 e. The summed E-state index contributed by atoms with van der Waals surface area (Å²) in [6.45, 7) is 3.62. The van der Waals surface area contributed by atoms with Gasteiger partial charge in [-0.05, 0) is 48.7 Å². The molecule has 0 radical (unpaired) electrons. The highest BCUT2D eigenvalue weighted by Crippen LogP contribution is 2.11. The van der Waals surface area contributed by atoms with Crippen molar-refractivity contribution in [1.82, 2.24) is 4.90 Å². The molecule has 144 valence electrons. The Kier molecular flexibility index (Phi) is 6.70. The second-order valence-corrected chi connectivity index (χ2v) is 7.86. The Morgan fingerprint density at radius 3 is 2.33 bits per heavy atom. The zero-order chi connectivity index (χ0) is 20.0. The number of carbonyl (C=O) groups is 2. The molecule has 0 fully saturated rings. The van der Waals surface area contributed by atoms with Crippen molar-refractivity contribution < 1.29 is 18.0 Å². The first kappa shape index (κ1) is 20.6. The summed E-state index contributed by atoms with van der Waals surface area (Å²) in [5, 5.41) is 7.85. The molecule has 0 heterocycles. The predicted molar refractivity (Wildman–Crippen MR) is 104 cm³/mol. The molecule has 2 aromatic carbocycles. The number of aryl methyl sites for hydroxylation is 1. The van der Waals surface area contributed by atoms with Crippen molar-refractivity contribution in [2.24, 2.45) is 5.14 Å². The third-order valence-electron chi connectivity index (χ3n) is 4.00. The summed E-state index contributed by atoms with van der Waals surface area (Å²) in [6.07, 6.45) is 0.488. The topological polar surface area (TPSA) is 110 Å². The molecule has 0 atom stereocenters. The van der Waals surface area contributed by atoms with Gasteiger partial charge in [0, 0.05) is 19.2 Å². The van der Waals surface area contributed by atoms with Crippen LogP contribution in [0.1, 0.15) is 18.1 Å². The number of primary sulfonamides is 1. The fourth-order valence-electron chi connectivity index (χ4n) is 2.55. The second kappa shape index (κ2) is 8.79. The van der Waals surface area contributed by atoms with E-state index in [1.807, 2.05) is 25.1 Å². The van der Waals surface area contributed by atoms with Gasteiger partial charge >= 0.3 is 0 Å². The van der Waals surface area contributed by atoms with E-state index >= 15 is 0 Å². The minimum Gasteiger partial charge on any atom is -0.333 e. The number of amides is 2. The number of rotatable bonds is 7. The maximum atomic E-state index is 12.2. The molecule has 0 spiro atoms. The van der Waals surface area contributed by atoms with Crippen LogP contribution in [0.5, 0.6) is 0 Å². The largest absolute Gasteiger partial charge is 0.333 e. The molecular weight excluding hydrogens is 366 g/mol. The van der Waals surface area contributed by atoms with E-state index in [1.54, 1.807) is 18.2 Å². The normalized spacial score (nSPS) is 11.1. The number of nitrogens with two attached hydrogens (primary N) is 1. The fourth-order valence-corrected chi connectivity index (χ4v) is 3.07. The second-order valence-electron chi connectivity index (χ2n) is 6.30. The standard InChI is InChI=1S/C19H23N3O4S/c1-14-4-3-5-17(12-14)21-19(24)13-22(15(2)23)11-10-16-6-8-18(9-7-16)27(20,25)26/h3-9,12H,10-11,13H2,1-2H3,(H,21,24)(H2,20,25,26). The monoisotopic (exact) mass is 389 g/mol. The van der Waals surface area contributed by atoms with Crippen LogP contribution in [-0.4, -0.2) is 38.2 Å². The summed E-state index contributed by atoms with van der Waals surface area (Å²) in [7, 11) is -3.73. The lowest BCUT2D eigenvalue weighted by Gasteiger charge is -2.20. The maximum absolute atomic E-state index is 12.2. The predicted octanol–water partition coefficient (Wildman–Crippen LogP) is 1.67. The number of hydrogen-bond acceptors (Lipinski definition) is 4. The molecule has 0 aromatic heterocycles. The Bertz CT molecular complexity index is 924. The highest BCUT2D eigenvalue weighted by Gasteiger charge is 2.14. The molecule has 0 aliphatic carbocycles. The number of anilines is 1. The quantitative estimate of drug-likeness (QED) is 0.750. The Balaban J connectivity index is 1.95. The first-order valence-corrected chi connectivity index (χ1v) is 9.93. The van der Waals surface area contributed by atoms with Gasteiger partial charge in [-0.3, -0.25) is 9.59 Å². The van der Waals surface area contributed by atoms with Crippen molar-refractivity contribution in [1.29, 1.82) is 0 Å². The number of nitrogens with zero attached hydrogens (tertiary/aromatic N) is 1. The molecule has 0 aliphatic heterocycles. The van der Waals surface area contributed by atoms with Crippen LogP contribution in [0.2, 0.25) is 0 Å². The van der Waals surface area contributed by atoms with Crippen LogP contribution in [-0.2, 0) is 26.0 Å². The van der Waals surface area contributed by atoms with Crippen molar-refractivity contribution in [3.8, 4) is 0 Å². The third-order valence-corrected chi connectivity index (χ3v) is 4.93. The highest BCUT2D eigenvalue weighted by atomic mass is 32.2. The van der Waals surface area contributed by atoms with Crippen LogP contribution in [0.3, 0.4) is 0 Å². The SMILES string of the molecule is CC(=O)N(CCc1ccc(S(N)(=O)=O)cc1)CC(=O)Nc1cccc(C)c1. The van der Waals surface area contributed by atoms with E-state index in [1.165, 1.54) is 24.0 Å². The first-order valence-electron chi connectivity index (χ1n) is 8.39. The van der Waals surface area contributed by atoms with Gasteiger partial charge < -0.3 is 10.2 Å². The van der Waals surface area contributed by atoms with Gasteiger partial charge in [0.15, 0.2) is 0 Å². The molecular formula is C19H23N3O4S. The molecule has 7 nitrogen and oxygen atoms in total. The fraction of sp³-hybridized carbons (Fsp3) is 0.263. The summed E-state index contributed by atoms with van der Waals surface area (Å²) in [4.78, 5) is 25.5. The lowest BCUT2D eigenvalue weighted by molar-refractivity contribution is -0.132. The lowest BCUT2D eigenvalue weighted by atomic mass is 10.1. The van der Waals surface area contributed by atoms with Crippen molar-refractivity contribution in [2.45, 2.75) is 25.2 Å². The van der Waals surface area contributed by atoms with Crippen LogP contribution >= 0.6 is 0 Å². The number of nitrogens with one attached hydrogen (secondary N) is 1. The molecule has 2 rings (SSSR count). The zero-order valence-electron chi connectivity index (χ0n) is 15.3. The number of sulfonamides is 1. The van der Waals surface area contributed by atoms with E-state index in [4.69, 9.17) is 5.14 Å². The number of hydrogen-bond donors (Lipinski definition) is 2. The third kappa shape index (κ3) is 6.50. The van der Waals surface area contributed by atoms with E-state index < -0.39 is 10.0 Å². The molecule has 27 heavy (non-hydrogen) atoms. The maximum Gasteiger partial charge on any atom is 0.243 e. The Labute approximate surface area is 159 Å². The van der Waals surface area contributed by atoms with Crippen molar-refractivity contribution >= 4 is 27.5 Å². The van der Waals surface area contributed by atoms with Crippen LogP contribution in [0.25, 0.3) is 0 Å². The van der Waals surface area contributed by atoms with Gasteiger partial charge in [-0.1, -0.05) is 24.3 Å². The van der Waals surface area contributed by atoms with Crippen molar-refractivity contribution in [3.05, 3.63) is 59.7 Å². The minimum absolute atomic E-state index is 0.0345. The molecule has 0 aliphatic rings. The number of carbonyl (C=O) groups excluding carboxylic acids is 2. The van der Waals surface area contributed by atoms with E-state index in [0.717, 1.165) is 11.1 Å². The Morgan fingerprint density at radius 1 is 1.11 bits per heavy atom. The molecule has 0 saturated carbocycles. The molecule has 0 bridgehead atoms. The van der Waals surface area contributed by atoms with Gasteiger partial charge in [0.05, 0.1) is 11.4 Å². The first-order chi connectivity index (χ1) is 12.6. The minimum atomic E-state index is -3.73. The van der Waals surface area contributed by atoms with Gasteiger partial charge in [-0.2, -0.15) is 0 Å². The molecule has 0 unspecified atom stereocenters. The summed E-state index contributed by atoms with van der Waals surface area (Å²) in [5.41, 5.74) is 2.55. The Morgan fingerprint density at radius 2 is 1.78 bits per heavy atom. The zero-order valence-corrected chi connectivity index (χ0v) is 16.1. The summed E-state index contributed by atoms with van der Waals surface area (Å²) in [6, 6.07) is 13.5.